The number of carbonyl (C=O) groups is 2. The largest absolute Gasteiger partial charge is 0.480 e. The van der Waals surface area contributed by atoms with Crippen molar-refractivity contribution in [3.8, 4) is 0 Å². The Morgan fingerprint density at radius 3 is 2.80 bits per heavy atom. The van der Waals surface area contributed by atoms with Crippen LogP contribution in [0.15, 0.2) is 24.3 Å². The van der Waals surface area contributed by atoms with E-state index >= 15 is 0 Å². The van der Waals surface area contributed by atoms with E-state index in [1.54, 1.807) is 26.3 Å². The molecule has 1 atom stereocenters. The number of hydrogen-bond acceptors (Lipinski definition) is 3. The summed E-state index contributed by atoms with van der Waals surface area (Å²) in [6.07, 6.45) is 0.343. The Hall–Kier alpha value is -2.08. The number of nitrogens with zero attached hydrogens (tertiary/aromatic N) is 2. The van der Waals surface area contributed by atoms with Crippen molar-refractivity contribution in [3.05, 3.63) is 29.8 Å². The van der Waals surface area contributed by atoms with E-state index in [1.165, 1.54) is 9.80 Å². The van der Waals surface area contributed by atoms with Gasteiger partial charge in [-0.1, -0.05) is 18.2 Å². The first-order chi connectivity index (χ1) is 9.56. The standard InChI is InChI=1S/C14H18N2O4/c1-15(7-8-20-2)14(19)16-11-6-4-3-5-10(11)9-12(16)13(17)18/h3-6,12H,7-9H2,1-2H3,(H,17,18)/t12-/m0/s1. The molecule has 1 aromatic carbocycles. The van der Waals surface area contributed by atoms with E-state index < -0.39 is 12.0 Å². The van der Waals surface area contributed by atoms with Crippen molar-refractivity contribution in [3.63, 3.8) is 0 Å². The van der Waals surface area contributed by atoms with Gasteiger partial charge in [-0.15, -0.1) is 0 Å². The summed E-state index contributed by atoms with van der Waals surface area (Å²) in [5.41, 5.74) is 1.56. The third-order valence-corrected chi connectivity index (χ3v) is 3.42. The number of carbonyl (C=O) groups excluding carboxylic acids is 1. The summed E-state index contributed by atoms with van der Waals surface area (Å²) in [4.78, 5) is 26.7. The summed E-state index contributed by atoms with van der Waals surface area (Å²) in [5, 5.41) is 9.33. The van der Waals surface area contributed by atoms with Crippen LogP contribution in [0.4, 0.5) is 10.5 Å². The van der Waals surface area contributed by atoms with Crippen LogP contribution in [0.25, 0.3) is 0 Å². The van der Waals surface area contributed by atoms with Gasteiger partial charge in [0, 0.05) is 32.8 Å². The number of ether oxygens (including phenoxy) is 1. The molecule has 0 saturated heterocycles. The van der Waals surface area contributed by atoms with Crippen LogP contribution in [0.2, 0.25) is 0 Å². The predicted octanol–water partition coefficient (Wildman–Crippen LogP) is 1.20. The number of carboxylic acids is 1. The molecule has 1 aromatic rings. The maximum absolute atomic E-state index is 12.5. The summed E-state index contributed by atoms with van der Waals surface area (Å²) < 4.78 is 4.94. The summed E-state index contributed by atoms with van der Waals surface area (Å²) >= 11 is 0. The van der Waals surface area contributed by atoms with Crippen molar-refractivity contribution in [2.45, 2.75) is 12.5 Å². The van der Waals surface area contributed by atoms with E-state index in [2.05, 4.69) is 0 Å². The van der Waals surface area contributed by atoms with Gasteiger partial charge in [0.1, 0.15) is 6.04 Å². The number of methoxy groups -OCH3 is 1. The van der Waals surface area contributed by atoms with E-state index in [0.717, 1.165) is 5.56 Å². The van der Waals surface area contributed by atoms with Crippen LogP contribution < -0.4 is 4.90 Å². The van der Waals surface area contributed by atoms with Crippen LogP contribution in [-0.4, -0.2) is 55.4 Å². The lowest BCUT2D eigenvalue weighted by Gasteiger charge is -2.28. The first-order valence-corrected chi connectivity index (χ1v) is 6.40. The van der Waals surface area contributed by atoms with Gasteiger partial charge in [0.15, 0.2) is 0 Å². The van der Waals surface area contributed by atoms with E-state index in [4.69, 9.17) is 4.74 Å². The zero-order chi connectivity index (χ0) is 14.7. The Kier molecular flexibility index (Phi) is 4.24. The number of aliphatic carboxylic acids is 1. The van der Waals surface area contributed by atoms with Crippen molar-refractivity contribution < 1.29 is 19.4 Å². The number of carboxylic acid groups (broad SMARTS) is 1. The van der Waals surface area contributed by atoms with Gasteiger partial charge in [-0.25, -0.2) is 9.59 Å². The molecule has 1 heterocycles. The van der Waals surface area contributed by atoms with Crippen LogP contribution in [0.1, 0.15) is 5.56 Å². The topological polar surface area (TPSA) is 70.1 Å². The molecule has 0 radical (unpaired) electrons. The third-order valence-electron chi connectivity index (χ3n) is 3.42. The van der Waals surface area contributed by atoms with Crippen molar-refractivity contribution in [2.75, 3.05) is 32.2 Å². The van der Waals surface area contributed by atoms with Crippen LogP contribution >= 0.6 is 0 Å². The van der Waals surface area contributed by atoms with Gasteiger partial charge in [0.2, 0.25) is 0 Å². The van der Waals surface area contributed by atoms with Gasteiger partial charge in [0.05, 0.1) is 6.61 Å². The molecular formula is C14H18N2O4. The van der Waals surface area contributed by atoms with E-state index in [1.807, 2.05) is 12.1 Å². The highest BCUT2D eigenvalue weighted by molar-refractivity contribution is 6.00. The monoisotopic (exact) mass is 278 g/mol. The average molecular weight is 278 g/mol. The van der Waals surface area contributed by atoms with Gasteiger partial charge in [-0.05, 0) is 11.6 Å². The maximum atomic E-state index is 12.5. The van der Waals surface area contributed by atoms with Gasteiger partial charge in [-0.3, -0.25) is 4.90 Å². The van der Waals surface area contributed by atoms with Gasteiger partial charge in [0.25, 0.3) is 0 Å². The minimum Gasteiger partial charge on any atom is -0.480 e. The lowest BCUT2D eigenvalue weighted by atomic mass is 10.1. The highest BCUT2D eigenvalue weighted by Gasteiger charge is 2.39. The second-order valence-electron chi connectivity index (χ2n) is 4.75. The van der Waals surface area contributed by atoms with E-state index in [0.29, 0.717) is 25.3 Å². The fourth-order valence-electron chi connectivity index (χ4n) is 2.33. The molecule has 2 amide bonds. The second kappa shape index (κ2) is 5.92. The maximum Gasteiger partial charge on any atom is 0.327 e. The molecule has 0 fully saturated rings. The van der Waals surface area contributed by atoms with Gasteiger partial charge in [-0.2, -0.15) is 0 Å². The first kappa shape index (κ1) is 14.3. The number of likely N-dealkylation sites (N-methyl/N-ethyl adjacent to an activating group) is 1. The van der Waals surface area contributed by atoms with Gasteiger partial charge >= 0.3 is 12.0 Å². The van der Waals surface area contributed by atoms with Crippen molar-refractivity contribution >= 4 is 17.7 Å². The number of amides is 2. The summed E-state index contributed by atoms with van der Waals surface area (Å²) in [6.45, 7) is 0.829. The average Bonchev–Trinajstić information content (AvgIpc) is 2.83. The van der Waals surface area contributed by atoms with Crippen molar-refractivity contribution in [1.29, 1.82) is 0 Å². The quantitative estimate of drug-likeness (QED) is 0.898. The van der Waals surface area contributed by atoms with Crippen molar-refractivity contribution in [1.82, 2.24) is 4.90 Å². The zero-order valence-electron chi connectivity index (χ0n) is 11.6. The Morgan fingerprint density at radius 2 is 2.15 bits per heavy atom. The minimum atomic E-state index is -0.991. The van der Waals surface area contributed by atoms with Crippen LogP contribution in [0, 0.1) is 0 Å². The molecule has 0 aromatic heterocycles. The zero-order valence-corrected chi connectivity index (χ0v) is 11.6. The molecule has 6 heteroatoms. The molecule has 0 spiro atoms. The molecule has 0 saturated carbocycles. The summed E-state index contributed by atoms with van der Waals surface area (Å²) in [7, 11) is 3.20. The lowest BCUT2D eigenvalue weighted by molar-refractivity contribution is -0.138. The predicted molar refractivity (Wildman–Crippen MR) is 74.0 cm³/mol. The molecule has 1 aliphatic rings. The number of fused-ring (bicyclic) bond motifs is 1. The molecule has 1 N–H and O–H groups in total. The third kappa shape index (κ3) is 2.60. The van der Waals surface area contributed by atoms with Gasteiger partial charge < -0.3 is 14.7 Å². The Balaban J connectivity index is 2.26. The van der Waals surface area contributed by atoms with Crippen LogP contribution in [-0.2, 0) is 16.0 Å². The molecule has 0 bridgehead atoms. The molecule has 0 unspecified atom stereocenters. The summed E-state index contributed by atoms with van der Waals surface area (Å²) in [5.74, 6) is -0.991. The molecular weight excluding hydrogens is 260 g/mol. The molecule has 2 rings (SSSR count). The number of hydrogen-bond donors (Lipinski definition) is 1. The molecule has 0 aliphatic carbocycles. The molecule has 108 valence electrons. The number of benzene rings is 1. The Bertz CT molecular complexity index is 518. The number of urea groups is 1. The van der Waals surface area contributed by atoms with Crippen LogP contribution in [0.3, 0.4) is 0 Å². The normalized spacial score (nSPS) is 16.9. The highest BCUT2D eigenvalue weighted by Crippen LogP contribution is 2.32. The first-order valence-electron chi connectivity index (χ1n) is 6.40. The fourth-order valence-corrected chi connectivity index (χ4v) is 2.33. The van der Waals surface area contributed by atoms with Crippen LogP contribution in [0.5, 0.6) is 0 Å². The second-order valence-corrected chi connectivity index (χ2v) is 4.75. The summed E-state index contributed by atoms with van der Waals surface area (Å²) in [6, 6.07) is 6.12. The number of para-hydroxylation sites is 1. The van der Waals surface area contributed by atoms with E-state index in [-0.39, 0.29) is 6.03 Å². The number of rotatable bonds is 4. The molecule has 1 aliphatic heterocycles. The minimum absolute atomic E-state index is 0.320. The Labute approximate surface area is 117 Å². The molecule has 20 heavy (non-hydrogen) atoms. The number of anilines is 1. The van der Waals surface area contributed by atoms with Crippen molar-refractivity contribution in [2.24, 2.45) is 0 Å². The SMILES string of the molecule is COCCN(C)C(=O)N1c2ccccc2C[C@H]1C(=O)O. The smallest absolute Gasteiger partial charge is 0.327 e. The van der Waals surface area contributed by atoms with E-state index in [9.17, 15) is 14.7 Å². The fraction of sp³-hybridized carbons (Fsp3) is 0.429. The molecule has 6 nitrogen and oxygen atoms in total. The Morgan fingerprint density at radius 1 is 1.45 bits per heavy atom. The highest BCUT2D eigenvalue weighted by atomic mass is 16.5. The lowest BCUT2D eigenvalue weighted by Crippen LogP contribution is -2.49.